The third-order valence-corrected chi connectivity index (χ3v) is 7.23. The summed E-state index contributed by atoms with van der Waals surface area (Å²) < 4.78 is 0. The summed E-state index contributed by atoms with van der Waals surface area (Å²) in [5.41, 5.74) is 0.403. The van der Waals surface area contributed by atoms with Crippen LogP contribution in [0.5, 0.6) is 0 Å². The van der Waals surface area contributed by atoms with Crippen molar-refractivity contribution in [1.82, 2.24) is 9.80 Å². The van der Waals surface area contributed by atoms with Gasteiger partial charge in [-0.1, -0.05) is 41.5 Å². The van der Waals surface area contributed by atoms with Crippen LogP contribution in [0.15, 0.2) is 4.99 Å². The molecule has 1 spiro atoms. The van der Waals surface area contributed by atoms with E-state index < -0.39 is 0 Å². The fourth-order valence-corrected chi connectivity index (χ4v) is 5.33. The third-order valence-electron chi connectivity index (χ3n) is 7.23. The molecular weight excluding hydrogens is 346 g/mol. The van der Waals surface area contributed by atoms with Gasteiger partial charge in [0.15, 0.2) is 5.84 Å². The number of amidine groups is 1. The summed E-state index contributed by atoms with van der Waals surface area (Å²) in [6.07, 6.45) is 10.3. The lowest BCUT2D eigenvalue weighted by atomic mass is 9.69. The molecule has 2 fully saturated rings. The Bertz CT molecular complexity index is 582. The van der Waals surface area contributed by atoms with Gasteiger partial charge >= 0.3 is 0 Å². The maximum absolute atomic E-state index is 13.5. The van der Waals surface area contributed by atoms with Gasteiger partial charge in [0.1, 0.15) is 5.66 Å². The number of amides is 1. The molecule has 0 aromatic rings. The van der Waals surface area contributed by atoms with Crippen LogP contribution in [0.25, 0.3) is 0 Å². The number of aliphatic imine (C=N–C) groups is 1. The highest BCUT2D eigenvalue weighted by Crippen LogP contribution is 2.46. The molecule has 1 aliphatic carbocycles. The summed E-state index contributed by atoms with van der Waals surface area (Å²) in [6.45, 7) is 16.8. The van der Waals surface area contributed by atoms with Gasteiger partial charge in [0.05, 0.1) is 0 Å². The van der Waals surface area contributed by atoms with Gasteiger partial charge in [-0.25, -0.2) is 4.99 Å². The van der Waals surface area contributed by atoms with E-state index in [9.17, 15) is 4.79 Å². The number of hydrogen-bond donors (Lipinski definition) is 0. The summed E-state index contributed by atoms with van der Waals surface area (Å²) in [4.78, 5) is 23.1. The molecule has 4 nitrogen and oxygen atoms in total. The SMILES string of the molecule is CC(C)(C)CCCN1C(=O)C(N2CCCCC2)=NC12CCC(C(C)(C)C)CC2. The molecule has 0 unspecified atom stereocenters. The minimum Gasteiger partial charge on any atom is -0.352 e. The van der Waals surface area contributed by atoms with Gasteiger partial charge in [-0.15, -0.1) is 0 Å². The normalized spacial score (nSPS) is 29.6. The topological polar surface area (TPSA) is 35.9 Å². The second kappa shape index (κ2) is 7.99. The Hall–Kier alpha value is -1.06. The Morgan fingerprint density at radius 1 is 1.00 bits per heavy atom. The highest BCUT2D eigenvalue weighted by Gasteiger charge is 2.50. The molecule has 0 bridgehead atoms. The lowest BCUT2D eigenvalue weighted by Gasteiger charge is -2.44. The molecule has 0 aromatic heterocycles. The highest BCUT2D eigenvalue weighted by molar-refractivity contribution is 6.39. The quantitative estimate of drug-likeness (QED) is 0.641. The number of carbonyl (C=O) groups excluding carboxylic acids is 1. The second-order valence-corrected chi connectivity index (χ2v) is 11.7. The first-order chi connectivity index (χ1) is 13.0. The number of hydrogen-bond acceptors (Lipinski definition) is 3. The first-order valence-electron chi connectivity index (χ1n) is 11.7. The molecule has 0 atom stereocenters. The van der Waals surface area contributed by atoms with Crippen LogP contribution < -0.4 is 0 Å². The number of rotatable bonds is 3. The van der Waals surface area contributed by atoms with Crippen LogP contribution in [0.3, 0.4) is 0 Å². The van der Waals surface area contributed by atoms with Crippen molar-refractivity contribution in [3.8, 4) is 0 Å². The molecule has 4 heteroatoms. The predicted octanol–water partition coefficient (Wildman–Crippen LogP) is 5.47. The number of nitrogens with zero attached hydrogens (tertiary/aromatic N) is 3. The fourth-order valence-electron chi connectivity index (χ4n) is 5.33. The molecule has 3 rings (SSSR count). The number of piperidine rings is 1. The van der Waals surface area contributed by atoms with Crippen molar-refractivity contribution < 1.29 is 4.79 Å². The van der Waals surface area contributed by atoms with Gasteiger partial charge in [0.25, 0.3) is 5.91 Å². The Kier molecular flexibility index (Phi) is 6.18. The van der Waals surface area contributed by atoms with Crippen molar-refractivity contribution in [1.29, 1.82) is 0 Å². The Balaban J connectivity index is 1.78. The predicted molar refractivity (Wildman–Crippen MR) is 117 cm³/mol. The molecule has 1 saturated heterocycles. The summed E-state index contributed by atoms with van der Waals surface area (Å²) in [7, 11) is 0. The fraction of sp³-hybridized carbons (Fsp3) is 0.917. The Morgan fingerprint density at radius 3 is 2.14 bits per heavy atom. The van der Waals surface area contributed by atoms with E-state index in [1.54, 1.807) is 0 Å². The lowest BCUT2D eigenvalue weighted by Crippen LogP contribution is -2.51. The van der Waals surface area contributed by atoms with Gasteiger partial charge in [-0.05, 0) is 74.5 Å². The van der Waals surface area contributed by atoms with E-state index in [1.807, 2.05) is 0 Å². The molecule has 0 N–H and O–H groups in total. The average Bonchev–Trinajstić information content (AvgIpc) is 2.87. The van der Waals surface area contributed by atoms with Crippen LogP contribution >= 0.6 is 0 Å². The van der Waals surface area contributed by atoms with Gasteiger partial charge < -0.3 is 9.80 Å². The standard InChI is InChI=1S/C24H43N3O/c1-22(2,3)13-10-18-27-21(28)20(26-16-8-7-9-17-26)25-24(27)14-11-19(12-15-24)23(4,5)6/h19H,7-18H2,1-6H3. The molecule has 2 heterocycles. The van der Waals surface area contributed by atoms with Crippen molar-refractivity contribution in [2.45, 2.75) is 105 Å². The first kappa shape index (κ1) is 21.6. The van der Waals surface area contributed by atoms with E-state index in [-0.39, 0.29) is 11.6 Å². The van der Waals surface area contributed by atoms with Crippen LogP contribution in [0.2, 0.25) is 0 Å². The zero-order chi connectivity index (χ0) is 20.6. The number of carbonyl (C=O) groups is 1. The molecule has 160 valence electrons. The van der Waals surface area contributed by atoms with E-state index >= 15 is 0 Å². The zero-order valence-electron chi connectivity index (χ0n) is 19.3. The van der Waals surface area contributed by atoms with Crippen LogP contribution in [0, 0.1) is 16.7 Å². The maximum Gasteiger partial charge on any atom is 0.291 e. The third kappa shape index (κ3) is 4.74. The largest absolute Gasteiger partial charge is 0.352 e. The van der Waals surface area contributed by atoms with Gasteiger partial charge in [-0.2, -0.15) is 0 Å². The van der Waals surface area contributed by atoms with E-state index in [0.29, 0.717) is 10.8 Å². The summed E-state index contributed by atoms with van der Waals surface area (Å²) >= 11 is 0. The molecular formula is C24H43N3O. The van der Waals surface area contributed by atoms with Crippen molar-refractivity contribution in [2.75, 3.05) is 19.6 Å². The van der Waals surface area contributed by atoms with Crippen LogP contribution in [0.4, 0.5) is 0 Å². The number of likely N-dealkylation sites (tertiary alicyclic amines) is 1. The van der Waals surface area contributed by atoms with Gasteiger partial charge in [0.2, 0.25) is 0 Å². The molecule has 1 amide bonds. The monoisotopic (exact) mass is 389 g/mol. The Labute approximate surface area is 173 Å². The minimum atomic E-state index is -0.260. The highest BCUT2D eigenvalue weighted by atomic mass is 16.2. The molecule has 28 heavy (non-hydrogen) atoms. The summed E-state index contributed by atoms with van der Waals surface area (Å²) in [5, 5.41) is 0. The van der Waals surface area contributed by atoms with Gasteiger partial charge in [-0.3, -0.25) is 4.79 Å². The second-order valence-electron chi connectivity index (χ2n) is 11.7. The first-order valence-corrected chi connectivity index (χ1v) is 11.7. The van der Waals surface area contributed by atoms with E-state index in [1.165, 1.54) is 32.1 Å². The van der Waals surface area contributed by atoms with Crippen molar-refractivity contribution in [3.63, 3.8) is 0 Å². The van der Waals surface area contributed by atoms with Crippen LogP contribution in [0.1, 0.15) is 99.3 Å². The van der Waals surface area contributed by atoms with Gasteiger partial charge in [0, 0.05) is 19.6 Å². The summed E-state index contributed by atoms with van der Waals surface area (Å²) in [5.74, 6) is 1.73. The molecule has 1 saturated carbocycles. The average molecular weight is 390 g/mol. The smallest absolute Gasteiger partial charge is 0.291 e. The Morgan fingerprint density at radius 2 is 1.61 bits per heavy atom. The molecule has 3 aliphatic rings. The maximum atomic E-state index is 13.5. The van der Waals surface area contributed by atoms with Crippen molar-refractivity contribution >= 4 is 11.7 Å². The van der Waals surface area contributed by atoms with E-state index in [0.717, 1.165) is 57.1 Å². The van der Waals surface area contributed by atoms with Crippen molar-refractivity contribution in [2.24, 2.45) is 21.7 Å². The van der Waals surface area contributed by atoms with Crippen molar-refractivity contribution in [3.05, 3.63) is 0 Å². The zero-order valence-corrected chi connectivity index (χ0v) is 19.3. The minimum absolute atomic E-state index is 0.213. The molecule has 2 aliphatic heterocycles. The van der Waals surface area contributed by atoms with Crippen LogP contribution in [-0.2, 0) is 4.79 Å². The van der Waals surface area contributed by atoms with E-state index in [4.69, 9.17) is 4.99 Å². The summed E-state index contributed by atoms with van der Waals surface area (Å²) in [6, 6.07) is 0. The lowest BCUT2D eigenvalue weighted by molar-refractivity contribution is -0.130. The molecule has 0 aromatic carbocycles. The van der Waals surface area contributed by atoms with E-state index in [2.05, 4.69) is 51.3 Å². The molecule has 0 radical (unpaired) electrons. The van der Waals surface area contributed by atoms with Crippen LogP contribution in [-0.4, -0.2) is 46.8 Å².